The number of carbonyl (C=O) groups is 6. The molecule has 0 fully saturated rings. The molecule has 0 aromatic heterocycles. The van der Waals surface area contributed by atoms with Crippen molar-refractivity contribution in [2.45, 2.75) is 26.9 Å². The van der Waals surface area contributed by atoms with Crippen LogP contribution in [0.3, 0.4) is 0 Å². The summed E-state index contributed by atoms with van der Waals surface area (Å²) < 4.78 is 31.2. The van der Waals surface area contributed by atoms with Crippen LogP contribution in [-0.2, 0) is 28.6 Å². The highest BCUT2D eigenvalue weighted by atomic mass is 16.6. The molecule has 218 valence electrons. The van der Waals surface area contributed by atoms with Gasteiger partial charge in [0.05, 0.1) is 0 Å². The molecule has 12 heteroatoms. The minimum Gasteiger partial charge on any atom is -0.458 e. The zero-order valence-corrected chi connectivity index (χ0v) is 22.8. The van der Waals surface area contributed by atoms with Crippen molar-refractivity contribution in [2.75, 3.05) is 13.2 Å². The van der Waals surface area contributed by atoms with Gasteiger partial charge in [-0.25, -0.2) is 14.4 Å². The van der Waals surface area contributed by atoms with Gasteiger partial charge in [-0.2, -0.15) is 0 Å². The first-order chi connectivity index (χ1) is 20.0. The van der Waals surface area contributed by atoms with Crippen molar-refractivity contribution in [2.24, 2.45) is 0 Å². The SMILES string of the molecule is CC(=O)Oc1ccccc1C(=O)OCC(COC(=O)c1ccccc1OC(C)=O)OC(=O)c1ccccc1OC(C)=O. The molecular weight excluding hydrogens is 552 g/mol. The molecule has 0 amide bonds. The Kier molecular flexibility index (Phi) is 10.9. The summed E-state index contributed by atoms with van der Waals surface area (Å²) in [6.07, 6.45) is -1.35. The lowest BCUT2D eigenvalue weighted by molar-refractivity contribution is -0.132. The van der Waals surface area contributed by atoms with E-state index in [1.165, 1.54) is 74.5 Å². The predicted octanol–water partition coefficient (Wildman–Crippen LogP) is 3.70. The third-order valence-corrected chi connectivity index (χ3v) is 5.16. The third kappa shape index (κ3) is 9.01. The minimum absolute atomic E-state index is 0.0487. The lowest BCUT2D eigenvalue weighted by atomic mass is 10.2. The van der Waals surface area contributed by atoms with Crippen molar-refractivity contribution in [1.29, 1.82) is 0 Å². The van der Waals surface area contributed by atoms with E-state index in [0.717, 1.165) is 6.92 Å². The van der Waals surface area contributed by atoms with E-state index in [9.17, 15) is 28.8 Å². The summed E-state index contributed by atoms with van der Waals surface area (Å²) in [5, 5.41) is 0. The van der Waals surface area contributed by atoms with Gasteiger partial charge in [-0.1, -0.05) is 36.4 Å². The standard InChI is InChI=1S/C30H26O12/c1-18(31)39-25-13-7-4-10-22(25)28(34)37-16-21(42-30(36)24-12-6-9-15-27(24)41-20(3)33)17-38-29(35)23-11-5-8-14-26(23)40-19(2)32/h4-15,21H,16-17H2,1-3H3. The molecule has 0 heterocycles. The summed E-state index contributed by atoms with van der Waals surface area (Å²) >= 11 is 0. The molecule has 0 saturated carbocycles. The topological polar surface area (TPSA) is 158 Å². The Morgan fingerprint density at radius 2 is 0.810 bits per heavy atom. The van der Waals surface area contributed by atoms with Gasteiger partial charge in [-0.3, -0.25) is 14.4 Å². The third-order valence-electron chi connectivity index (χ3n) is 5.16. The molecule has 0 aliphatic carbocycles. The molecule has 0 N–H and O–H groups in total. The Morgan fingerprint density at radius 3 is 1.14 bits per heavy atom. The fraction of sp³-hybridized carbons (Fsp3) is 0.200. The fourth-order valence-corrected chi connectivity index (χ4v) is 3.46. The number of esters is 6. The Morgan fingerprint density at radius 1 is 0.500 bits per heavy atom. The van der Waals surface area contributed by atoms with Gasteiger partial charge in [0.1, 0.15) is 47.2 Å². The Hall–Kier alpha value is -5.52. The molecule has 0 spiro atoms. The number of hydrogen-bond donors (Lipinski definition) is 0. The molecule has 0 bridgehead atoms. The summed E-state index contributed by atoms with van der Waals surface area (Å²) in [5.74, 6) is -4.96. The van der Waals surface area contributed by atoms with E-state index in [1.54, 1.807) is 12.1 Å². The van der Waals surface area contributed by atoms with Crippen molar-refractivity contribution in [3.8, 4) is 17.2 Å². The highest BCUT2D eigenvalue weighted by Crippen LogP contribution is 2.23. The summed E-state index contributed by atoms with van der Waals surface area (Å²) in [4.78, 5) is 73.0. The van der Waals surface area contributed by atoms with Crippen LogP contribution in [0.5, 0.6) is 17.2 Å². The van der Waals surface area contributed by atoms with Crippen molar-refractivity contribution in [3.63, 3.8) is 0 Å². The number of benzene rings is 3. The van der Waals surface area contributed by atoms with Gasteiger partial charge >= 0.3 is 35.8 Å². The van der Waals surface area contributed by atoms with Crippen LogP contribution in [0.1, 0.15) is 51.8 Å². The molecule has 3 aromatic carbocycles. The average molecular weight is 579 g/mol. The largest absolute Gasteiger partial charge is 0.458 e. The molecule has 3 aromatic rings. The van der Waals surface area contributed by atoms with Gasteiger partial charge in [-0.15, -0.1) is 0 Å². The first-order valence-electron chi connectivity index (χ1n) is 12.4. The molecule has 0 atom stereocenters. The molecule has 42 heavy (non-hydrogen) atoms. The second-order valence-corrected chi connectivity index (χ2v) is 8.49. The number of rotatable bonds is 11. The quantitative estimate of drug-likeness (QED) is 0.185. The fourth-order valence-electron chi connectivity index (χ4n) is 3.46. The molecule has 0 radical (unpaired) electrons. The maximum Gasteiger partial charge on any atom is 0.342 e. The summed E-state index contributed by atoms with van der Waals surface area (Å²) in [6, 6.07) is 17.4. The van der Waals surface area contributed by atoms with Crippen LogP contribution < -0.4 is 14.2 Å². The van der Waals surface area contributed by atoms with E-state index < -0.39 is 55.1 Å². The van der Waals surface area contributed by atoms with Gasteiger partial charge in [0, 0.05) is 20.8 Å². The summed E-state index contributed by atoms with van der Waals surface area (Å²) in [6.45, 7) is 2.31. The smallest absolute Gasteiger partial charge is 0.342 e. The Balaban J connectivity index is 1.81. The van der Waals surface area contributed by atoms with Gasteiger partial charge in [0.2, 0.25) is 0 Å². The second-order valence-electron chi connectivity index (χ2n) is 8.49. The van der Waals surface area contributed by atoms with Crippen molar-refractivity contribution in [3.05, 3.63) is 89.5 Å². The molecule has 0 aliphatic heterocycles. The lowest BCUT2D eigenvalue weighted by Gasteiger charge is -2.19. The molecule has 3 rings (SSSR count). The molecule has 12 nitrogen and oxygen atoms in total. The van der Waals surface area contributed by atoms with Crippen molar-refractivity contribution >= 4 is 35.8 Å². The van der Waals surface area contributed by atoms with E-state index in [4.69, 9.17) is 28.4 Å². The van der Waals surface area contributed by atoms with E-state index in [1.807, 2.05) is 0 Å². The zero-order valence-electron chi connectivity index (χ0n) is 22.8. The van der Waals surface area contributed by atoms with Crippen molar-refractivity contribution in [1.82, 2.24) is 0 Å². The van der Waals surface area contributed by atoms with Gasteiger partial charge in [0.15, 0.2) is 6.10 Å². The first-order valence-corrected chi connectivity index (χ1v) is 12.4. The van der Waals surface area contributed by atoms with Crippen LogP contribution in [-0.4, -0.2) is 55.1 Å². The van der Waals surface area contributed by atoms with Crippen LogP contribution in [0.15, 0.2) is 72.8 Å². The highest BCUT2D eigenvalue weighted by molar-refractivity contribution is 5.95. The monoisotopic (exact) mass is 578 g/mol. The van der Waals surface area contributed by atoms with Gasteiger partial charge < -0.3 is 28.4 Å². The molecular formula is C30H26O12. The van der Waals surface area contributed by atoms with Crippen LogP contribution in [0, 0.1) is 0 Å². The maximum absolute atomic E-state index is 13.0. The van der Waals surface area contributed by atoms with Crippen LogP contribution in [0.25, 0.3) is 0 Å². The Bertz CT molecular complexity index is 1420. The van der Waals surface area contributed by atoms with Crippen LogP contribution >= 0.6 is 0 Å². The van der Waals surface area contributed by atoms with Crippen molar-refractivity contribution < 1.29 is 57.2 Å². The lowest BCUT2D eigenvalue weighted by Crippen LogP contribution is -2.31. The normalized spacial score (nSPS) is 10.3. The second kappa shape index (κ2) is 14.7. The summed E-state index contributed by atoms with van der Waals surface area (Å²) in [7, 11) is 0. The number of ether oxygens (including phenoxy) is 6. The summed E-state index contributed by atoms with van der Waals surface area (Å²) in [5.41, 5.74) is -0.272. The number of carbonyl (C=O) groups excluding carboxylic acids is 6. The van der Waals surface area contributed by atoms with E-state index in [0.29, 0.717) is 0 Å². The maximum atomic E-state index is 13.0. The van der Waals surface area contributed by atoms with Crippen LogP contribution in [0.4, 0.5) is 0 Å². The predicted molar refractivity (Wildman–Crippen MR) is 143 cm³/mol. The molecule has 0 saturated heterocycles. The minimum atomic E-state index is -1.35. The first kappa shape index (κ1) is 31.0. The number of para-hydroxylation sites is 3. The highest BCUT2D eigenvalue weighted by Gasteiger charge is 2.25. The zero-order chi connectivity index (χ0) is 30.6. The molecule has 0 unspecified atom stereocenters. The van der Waals surface area contributed by atoms with E-state index >= 15 is 0 Å². The van der Waals surface area contributed by atoms with Crippen LogP contribution in [0.2, 0.25) is 0 Å². The van der Waals surface area contributed by atoms with E-state index in [2.05, 4.69) is 0 Å². The average Bonchev–Trinajstić information content (AvgIpc) is 2.94. The van der Waals surface area contributed by atoms with E-state index in [-0.39, 0.29) is 33.9 Å². The Labute approximate surface area is 240 Å². The van der Waals surface area contributed by atoms with Gasteiger partial charge in [-0.05, 0) is 36.4 Å². The number of hydrogen-bond acceptors (Lipinski definition) is 12. The molecule has 0 aliphatic rings. The van der Waals surface area contributed by atoms with Gasteiger partial charge in [0.25, 0.3) is 0 Å².